The Morgan fingerprint density at radius 1 is 0.878 bits per heavy atom. The zero-order valence-electron chi connectivity index (χ0n) is 25.3. The zero-order chi connectivity index (χ0) is 31.1. The summed E-state index contributed by atoms with van der Waals surface area (Å²) in [6, 6.07) is 4.22. The van der Waals surface area contributed by atoms with Crippen molar-refractivity contribution in [1.29, 1.82) is 0 Å². The largest absolute Gasteiger partial charge is 0.513 e. The summed E-state index contributed by atoms with van der Waals surface area (Å²) in [4.78, 5) is 49.3. The fourth-order valence-electron chi connectivity index (χ4n) is 3.72. The van der Waals surface area contributed by atoms with Gasteiger partial charge in [-0.05, 0) is 57.7 Å². The van der Waals surface area contributed by atoms with E-state index in [1.807, 2.05) is 20.8 Å². The molecule has 41 heavy (non-hydrogen) atoms. The number of hydrogen-bond acceptors (Lipinski definition) is 10. The molecule has 0 aliphatic heterocycles. The predicted octanol–water partition coefficient (Wildman–Crippen LogP) is 6.18. The van der Waals surface area contributed by atoms with Crippen molar-refractivity contribution >= 4 is 24.2 Å². The van der Waals surface area contributed by atoms with Gasteiger partial charge in [0.05, 0.1) is 18.6 Å². The molecule has 11 nitrogen and oxygen atoms in total. The van der Waals surface area contributed by atoms with Crippen LogP contribution >= 0.6 is 0 Å². The normalized spacial score (nSPS) is 13.4. The van der Waals surface area contributed by atoms with Crippen molar-refractivity contribution in [1.82, 2.24) is 0 Å². The third-order valence-corrected chi connectivity index (χ3v) is 6.67. The smallest absolute Gasteiger partial charge is 0.480 e. The van der Waals surface area contributed by atoms with Crippen LogP contribution in [0.15, 0.2) is 18.2 Å². The van der Waals surface area contributed by atoms with Crippen LogP contribution in [-0.4, -0.2) is 54.2 Å². The Kier molecular flexibility index (Phi) is 15.2. The van der Waals surface area contributed by atoms with Crippen molar-refractivity contribution in [3.05, 3.63) is 23.8 Å². The van der Waals surface area contributed by atoms with E-state index < -0.39 is 41.3 Å². The monoisotopic (exact) mass is 581 g/mol. The number of carboxylic acids is 1. The fraction of sp³-hybridized carbons (Fsp3) is 0.667. The molecule has 11 heteroatoms. The van der Waals surface area contributed by atoms with Crippen LogP contribution in [0, 0.1) is 5.41 Å². The Hall–Kier alpha value is -3.34. The van der Waals surface area contributed by atoms with Crippen molar-refractivity contribution in [2.75, 3.05) is 13.2 Å². The SMILES string of the molecule is CCCCCOC(=O)Oc1ccc(CC(N)(C[C@H](C)OC(=O)C(C)(C)CC)C(=O)O)cc1OC(=O)OCCCCC. The van der Waals surface area contributed by atoms with E-state index in [0.717, 1.165) is 25.7 Å². The summed E-state index contributed by atoms with van der Waals surface area (Å²) in [6.07, 6.45) is 2.40. The van der Waals surface area contributed by atoms with Gasteiger partial charge in [-0.3, -0.25) is 9.59 Å². The second kappa shape index (κ2) is 17.5. The lowest BCUT2D eigenvalue weighted by atomic mass is 9.86. The first-order chi connectivity index (χ1) is 19.3. The molecule has 1 unspecified atom stereocenters. The minimum absolute atomic E-state index is 0.109. The van der Waals surface area contributed by atoms with Gasteiger partial charge < -0.3 is 34.5 Å². The van der Waals surface area contributed by atoms with E-state index in [2.05, 4.69) is 0 Å². The third kappa shape index (κ3) is 12.8. The molecule has 0 saturated carbocycles. The quantitative estimate of drug-likeness (QED) is 0.0881. The molecule has 0 aliphatic rings. The Morgan fingerprint density at radius 2 is 1.41 bits per heavy atom. The van der Waals surface area contributed by atoms with E-state index in [1.165, 1.54) is 18.2 Å². The van der Waals surface area contributed by atoms with Crippen LogP contribution in [0.5, 0.6) is 11.5 Å². The van der Waals surface area contributed by atoms with Gasteiger partial charge in [0, 0.05) is 12.8 Å². The summed E-state index contributed by atoms with van der Waals surface area (Å²) in [5.41, 5.74) is 4.13. The molecule has 0 amide bonds. The number of aliphatic carboxylic acids is 1. The molecule has 1 aromatic rings. The van der Waals surface area contributed by atoms with Crippen molar-refractivity contribution in [3.8, 4) is 11.5 Å². The number of rotatable bonds is 18. The number of ether oxygens (including phenoxy) is 5. The average Bonchev–Trinajstić information content (AvgIpc) is 2.90. The first-order valence-electron chi connectivity index (χ1n) is 14.3. The maximum Gasteiger partial charge on any atom is 0.513 e. The van der Waals surface area contributed by atoms with Gasteiger partial charge in [0.15, 0.2) is 11.5 Å². The Bertz CT molecular complexity index is 1010. The van der Waals surface area contributed by atoms with E-state index in [-0.39, 0.29) is 37.6 Å². The highest BCUT2D eigenvalue weighted by Gasteiger charge is 2.38. The summed E-state index contributed by atoms with van der Waals surface area (Å²) in [7, 11) is 0. The number of carbonyl (C=O) groups is 4. The topological polar surface area (TPSA) is 161 Å². The van der Waals surface area contributed by atoms with Gasteiger partial charge in [0.1, 0.15) is 11.6 Å². The van der Waals surface area contributed by atoms with Crippen molar-refractivity contribution in [2.24, 2.45) is 11.1 Å². The molecule has 3 N–H and O–H groups in total. The Labute approximate surface area is 243 Å². The summed E-state index contributed by atoms with van der Waals surface area (Å²) in [5.74, 6) is -2.02. The summed E-state index contributed by atoms with van der Waals surface area (Å²) in [6.45, 7) is 11.3. The lowest BCUT2D eigenvalue weighted by molar-refractivity contribution is -0.161. The molecule has 0 aromatic heterocycles. The standard InChI is InChI=1S/C30H47NO10/c1-7-10-12-16-37-27(35)40-23-15-14-22(18-24(23)41-28(36)38-17-13-11-8-2)20-30(31,25(32)33)19-21(4)39-26(34)29(5,6)9-3/h14-15,18,21H,7-13,16-17,19-20,31H2,1-6H3,(H,32,33)/t21-,30?/m0/s1. The number of carboxylic acid groups (broad SMARTS) is 1. The van der Waals surface area contributed by atoms with Crippen LogP contribution < -0.4 is 15.2 Å². The van der Waals surface area contributed by atoms with Crippen LogP contribution in [0.4, 0.5) is 9.59 Å². The van der Waals surface area contributed by atoms with Gasteiger partial charge in [-0.1, -0.05) is 52.5 Å². The minimum Gasteiger partial charge on any atom is -0.480 e. The highest BCUT2D eigenvalue weighted by atomic mass is 16.7. The number of carbonyl (C=O) groups excluding carboxylic acids is 3. The molecular formula is C30H47NO10. The van der Waals surface area contributed by atoms with Crippen molar-refractivity contribution in [2.45, 2.75) is 111 Å². The number of unbranched alkanes of at least 4 members (excludes halogenated alkanes) is 4. The van der Waals surface area contributed by atoms with Crippen LogP contribution in [0.1, 0.15) is 98.5 Å². The molecule has 0 fully saturated rings. The molecule has 0 bridgehead atoms. The summed E-state index contributed by atoms with van der Waals surface area (Å²) < 4.78 is 26.2. The van der Waals surface area contributed by atoms with E-state index in [9.17, 15) is 24.3 Å². The van der Waals surface area contributed by atoms with Gasteiger partial charge >= 0.3 is 24.2 Å². The van der Waals surface area contributed by atoms with E-state index in [0.29, 0.717) is 24.8 Å². The molecule has 0 radical (unpaired) electrons. The molecule has 0 spiro atoms. The highest BCUT2D eigenvalue weighted by molar-refractivity contribution is 5.79. The van der Waals surface area contributed by atoms with E-state index in [4.69, 9.17) is 29.4 Å². The van der Waals surface area contributed by atoms with E-state index >= 15 is 0 Å². The van der Waals surface area contributed by atoms with Crippen LogP contribution in [0.25, 0.3) is 0 Å². The Morgan fingerprint density at radius 3 is 1.90 bits per heavy atom. The molecule has 0 saturated heterocycles. The Balaban J connectivity index is 3.13. The van der Waals surface area contributed by atoms with Crippen molar-refractivity contribution in [3.63, 3.8) is 0 Å². The van der Waals surface area contributed by atoms with Crippen LogP contribution in [0.2, 0.25) is 0 Å². The average molecular weight is 582 g/mol. The molecule has 232 valence electrons. The first-order valence-corrected chi connectivity index (χ1v) is 14.3. The third-order valence-electron chi connectivity index (χ3n) is 6.67. The number of benzene rings is 1. The highest BCUT2D eigenvalue weighted by Crippen LogP contribution is 2.32. The molecule has 1 rings (SSSR count). The number of hydrogen-bond donors (Lipinski definition) is 2. The zero-order valence-corrected chi connectivity index (χ0v) is 25.3. The van der Waals surface area contributed by atoms with Crippen molar-refractivity contribution < 1.29 is 48.0 Å². The van der Waals surface area contributed by atoms with Gasteiger partial charge in [-0.2, -0.15) is 0 Å². The molecule has 1 aromatic carbocycles. The second-order valence-electron chi connectivity index (χ2n) is 10.9. The lowest BCUT2D eigenvalue weighted by Crippen LogP contribution is -2.52. The van der Waals surface area contributed by atoms with Crippen LogP contribution in [-0.2, 0) is 30.2 Å². The lowest BCUT2D eigenvalue weighted by Gasteiger charge is -2.30. The van der Waals surface area contributed by atoms with Gasteiger partial charge in [0.2, 0.25) is 0 Å². The maximum absolute atomic E-state index is 12.5. The fourth-order valence-corrected chi connectivity index (χ4v) is 3.72. The molecule has 0 heterocycles. The first kappa shape index (κ1) is 35.7. The van der Waals surface area contributed by atoms with Crippen LogP contribution in [0.3, 0.4) is 0 Å². The van der Waals surface area contributed by atoms with Gasteiger partial charge in [0.25, 0.3) is 0 Å². The summed E-state index contributed by atoms with van der Waals surface area (Å²) in [5, 5.41) is 9.98. The van der Waals surface area contributed by atoms with Gasteiger partial charge in [-0.15, -0.1) is 0 Å². The number of nitrogens with two attached hydrogens (primary N) is 1. The predicted molar refractivity (Wildman–Crippen MR) is 152 cm³/mol. The summed E-state index contributed by atoms with van der Waals surface area (Å²) >= 11 is 0. The van der Waals surface area contributed by atoms with E-state index in [1.54, 1.807) is 20.8 Å². The van der Waals surface area contributed by atoms with Gasteiger partial charge in [-0.25, -0.2) is 9.59 Å². The number of esters is 1. The second-order valence-corrected chi connectivity index (χ2v) is 10.9. The minimum atomic E-state index is -1.82. The molecular weight excluding hydrogens is 534 g/mol. The molecule has 2 atom stereocenters. The maximum atomic E-state index is 12.5. The molecule has 0 aliphatic carbocycles.